The molecule has 3 N–H and O–H groups in total. The van der Waals surface area contributed by atoms with E-state index in [0.717, 1.165) is 32.2 Å². The van der Waals surface area contributed by atoms with E-state index in [1.165, 1.54) is 44.9 Å². The highest BCUT2D eigenvalue weighted by atomic mass is 16.4. The Morgan fingerprint density at radius 3 is 1.86 bits per heavy atom. The molecule has 0 aromatic carbocycles. The third-order valence-electron chi connectivity index (χ3n) is 3.85. The molecule has 1 atom stereocenters. The van der Waals surface area contributed by atoms with Crippen molar-refractivity contribution in [2.24, 2.45) is 0 Å². The first-order chi connectivity index (χ1) is 10.6. The van der Waals surface area contributed by atoms with E-state index in [0.29, 0.717) is 6.42 Å². The molecular formula is C17H33NO4. The number of rotatable bonds is 11. The molecule has 5 heteroatoms. The largest absolute Gasteiger partial charge is 0.481 e. The standard InChI is InChI=1S/C12H24O2.C5H9NO2/c1-2-3-4-5-6-7-8-9-10-11-12(13)14;7-5(8)4-2-1-3-6-4/h2-11H2,1H3,(H,13,14);4,6H,1-3H2,(H,7,8)/t;4-/m.0/s1. The zero-order chi connectivity index (χ0) is 16.6. The lowest BCUT2D eigenvalue weighted by Gasteiger charge is -2.00. The Bertz CT molecular complexity index is 288. The molecule has 0 bridgehead atoms. The molecule has 0 amide bonds. The summed E-state index contributed by atoms with van der Waals surface area (Å²) in [4.78, 5) is 20.3. The Balaban J connectivity index is 0.000000461. The van der Waals surface area contributed by atoms with Crippen molar-refractivity contribution in [1.82, 2.24) is 5.32 Å². The minimum atomic E-state index is -0.720. The van der Waals surface area contributed by atoms with Gasteiger partial charge in [0.05, 0.1) is 0 Å². The fourth-order valence-corrected chi connectivity index (χ4v) is 2.48. The highest BCUT2D eigenvalue weighted by molar-refractivity contribution is 5.73. The molecule has 1 fully saturated rings. The highest BCUT2D eigenvalue weighted by Crippen LogP contribution is 2.10. The number of nitrogens with one attached hydrogen (secondary N) is 1. The Morgan fingerprint density at radius 1 is 0.955 bits per heavy atom. The van der Waals surface area contributed by atoms with Crippen molar-refractivity contribution in [3.63, 3.8) is 0 Å². The van der Waals surface area contributed by atoms with Gasteiger partial charge >= 0.3 is 11.9 Å². The van der Waals surface area contributed by atoms with Gasteiger partial charge in [0.25, 0.3) is 0 Å². The normalized spacial score (nSPS) is 16.9. The van der Waals surface area contributed by atoms with Gasteiger partial charge in [0, 0.05) is 6.42 Å². The monoisotopic (exact) mass is 315 g/mol. The van der Waals surface area contributed by atoms with Crippen LogP contribution in [-0.4, -0.2) is 34.7 Å². The molecule has 0 aromatic rings. The number of carbonyl (C=O) groups is 2. The van der Waals surface area contributed by atoms with Gasteiger partial charge in [-0.3, -0.25) is 9.59 Å². The molecule has 0 spiro atoms. The van der Waals surface area contributed by atoms with Gasteiger partial charge < -0.3 is 15.5 Å². The fourth-order valence-electron chi connectivity index (χ4n) is 2.48. The summed E-state index contributed by atoms with van der Waals surface area (Å²) in [5.41, 5.74) is 0. The van der Waals surface area contributed by atoms with Crippen molar-refractivity contribution in [3.05, 3.63) is 0 Å². The summed E-state index contributed by atoms with van der Waals surface area (Å²) in [5.74, 6) is -1.38. The third-order valence-corrected chi connectivity index (χ3v) is 3.85. The van der Waals surface area contributed by atoms with Crippen molar-refractivity contribution < 1.29 is 19.8 Å². The Hall–Kier alpha value is -1.10. The first-order valence-corrected chi connectivity index (χ1v) is 8.76. The molecule has 1 saturated heterocycles. The van der Waals surface area contributed by atoms with Crippen molar-refractivity contribution >= 4 is 11.9 Å². The van der Waals surface area contributed by atoms with Gasteiger partial charge in [0.15, 0.2) is 0 Å². The van der Waals surface area contributed by atoms with Gasteiger partial charge in [-0.15, -0.1) is 0 Å². The SMILES string of the molecule is CCCCCCCCCCCC(=O)O.O=C(O)[C@@H]1CCCN1. The summed E-state index contributed by atoms with van der Waals surface area (Å²) < 4.78 is 0. The van der Waals surface area contributed by atoms with Gasteiger partial charge in [-0.1, -0.05) is 58.3 Å². The fraction of sp³-hybridized carbons (Fsp3) is 0.882. The molecule has 0 aliphatic carbocycles. The molecule has 0 radical (unpaired) electrons. The molecular weight excluding hydrogens is 282 g/mol. The predicted molar refractivity (Wildman–Crippen MR) is 88.1 cm³/mol. The average molecular weight is 315 g/mol. The number of carboxylic acid groups (broad SMARTS) is 2. The summed E-state index contributed by atoms with van der Waals surface area (Å²) in [6.45, 7) is 3.09. The minimum Gasteiger partial charge on any atom is -0.481 e. The Morgan fingerprint density at radius 2 is 1.50 bits per heavy atom. The summed E-state index contributed by atoms with van der Waals surface area (Å²) in [5, 5.41) is 19.6. The maximum atomic E-state index is 10.2. The van der Waals surface area contributed by atoms with Crippen LogP contribution in [0.4, 0.5) is 0 Å². The van der Waals surface area contributed by atoms with Crippen LogP contribution in [0.1, 0.15) is 84.0 Å². The van der Waals surface area contributed by atoms with E-state index in [-0.39, 0.29) is 6.04 Å². The van der Waals surface area contributed by atoms with Crippen LogP contribution in [0.15, 0.2) is 0 Å². The molecule has 0 saturated carbocycles. The molecule has 1 aliphatic heterocycles. The first-order valence-electron chi connectivity index (χ1n) is 8.76. The Labute approximate surface area is 134 Å². The van der Waals surface area contributed by atoms with Crippen molar-refractivity contribution in [2.45, 2.75) is 90.0 Å². The topological polar surface area (TPSA) is 86.6 Å². The molecule has 0 aromatic heterocycles. The lowest BCUT2D eigenvalue weighted by atomic mass is 10.1. The van der Waals surface area contributed by atoms with Crippen LogP contribution in [0, 0.1) is 0 Å². The van der Waals surface area contributed by atoms with Crippen LogP contribution in [0.5, 0.6) is 0 Å². The van der Waals surface area contributed by atoms with Crippen LogP contribution < -0.4 is 5.32 Å². The van der Waals surface area contributed by atoms with E-state index >= 15 is 0 Å². The lowest BCUT2D eigenvalue weighted by Crippen LogP contribution is -2.29. The molecule has 5 nitrogen and oxygen atoms in total. The zero-order valence-corrected chi connectivity index (χ0v) is 14.0. The smallest absolute Gasteiger partial charge is 0.320 e. The van der Waals surface area contributed by atoms with Crippen LogP contribution in [0.3, 0.4) is 0 Å². The number of hydrogen-bond acceptors (Lipinski definition) is 3. The number of aliphatic carboxylic acids is 2. The van der Waals surface area contributed by atoms with Crippen LogP contribution in [-0.2, 0) is 9.59 Å². The van der Waals surface area contributed by atoms with Crippen LogP contribution in [0.2, 0.25) is 0 Å². The molecule has 1 aliphatic rings. The summed E-state index contributed by atoms with van der Waals surface area (Å²) in [7, 11) is 0. The van der Waals surface area contributed by atoms with E-state index in [1.54, 1.807) is 0 Å². The zero-order valence-electron chi connectivity index (χ0n) is 14.0. The van der Waals surface area contributed by atoms with E-state index < -0.39 is 11.9 Å². The second-order valence-electron chi connectivity index (χ2n) is 5.96. The van der Waals surface area contributed by atoms with Crippen molar-refractivity contribution in [2.75, 3.05) is 6.54 Å². The number of unbranched alkanes of at least 4 members (excludes halogenated alkanes) is 8. The van der Waals surface area contributed by atoms with Gasteiger partial charge in [-0.25, -0.2) is 0 Å². The molecule has 1 heterocycles. The minimum absolute atomic E-state index is 0.269. The molecule has 1 rings (SSSR count). The second-order valence-corrected chi connectivity index (χ2v) is 5.96. The van der Waals surface area contributed by atoms with E-state index in [1.807, 2.05) is 0 Å². The van der Waals surface area contributed by atoms with Crippen LogP contribution in [0.25, 0.3) is 0 Å². The lowest BCUT2D eigenvalue weighted by molar-refractivity contribution is -0.139. The summed E-state index contributed by atoms with van der Waals surface area (Å²) >= 11 is 0. The number of carboxylic acids is 2. The van der Waals surface area contributed by atoms with Gasteiger partial charge in [-0.05, 0) is 25.8 Å². The molecule has 0 unspecified atom stereocenters. The Kier molecular flexibility index (Phi) is 14.1. The maximum absolute atomic E-state index is 10.2. The second kappa shape index (κ2) is 14.8. The maximum Gasteiger partial charge on any atom is 0.320 e. The van der Waals surface area contributed by atoms with Crippen LogP contribution >= 0.6 is 0 Å². The molecule has 22 heavy (non-hydrogen) atoms. The van der Waals surface area contributed by atoms with E-state index in [2.05, 4.69) is 12.2 Å². The average Bonchev–Trinajstić information content (AvgIpc) is 3.00. The summed E-state index contributed by atoms with van der Waals surface area (Å²) in [6, 6.07) is -0.269. The van der Waals surface area contributed by atoms with E-state index in [9.17, 15) is 9.59 Å². The van der Waals surface area contributed by atoms with E-state index in [4.69, 9.17) is 10.2 Å². The third kappa shape index (κ3) is 13.9. The van der Waals surface area contributed by atoms with Crippen molar-refractivity contribution in [1.29, 1.82) is 0 Å². The van der Waals surface area contributed by atoms with Crippen molar-refractivity contribution in [3.8, 4) is 0 Å². The first kappa shape index (κ1) is 20.9. The van der Waals surface area contributed by atoms with Gasteiger partial charge in [-0.2, -0.15) is 0 Å². The number of hydrogen-bond donors (Lipinski definition) is 3. The van der Waals surface area contributed by atoms with Gasteiger partial charge in [0.2, 0.25) is 0 Å². The van der Waals surface area contributed by atoms with Gasteiger partial charge in [0.1, 0.15) is 6.04 Å². The quantitative estimate of drug-likeness (QED) is 0.505. The summed E-state index contributed by atoms with van der Waals surface area (Å²) in [6.07, 6.45) is 13.3. The highest BCUT2D eigenvalue weighted by Gasteiger charge is 2.20. The predicted octanol–water partition coefficient (Wildman–Crippen LogP) is 3.81. The molecule has 130 valence electrons.